The van der Waals surface area contributed by atoms with Gasteiger partial charge in [0.25, 0.3) is 0 Å². The van der Waals surface area contributed by atoms with Crippen molar-refractivity contribution < 1.29 is 18.0 Å². The van der Waals surface area contributed by atoms with Crippen LogP contribution in [0.4, 0.5) is 0 Å². The molecule has 2 amide bonds. The Morgan fingerprint density at radius 1 is 1.08 bits per heavy atom. The molecule has 0 bridgehead atoms. The molecule has 0 heterocycles. The third-order valence-electron chi connectivity index (χ3n) is 3.45. The fourth-order valence-corrected chi connectivity index (χ4v) is 3.41. The van der Waals surface area contributed by atoms with Crippen molar-refractivity contribution >= 4 is 21.8 Å². The summed E-state index contributed by atoms with van der Waals surface area (Å²) in [6.07, 6.45) is 0.326. The number of hydrogen-bond donors (Lipinski definition) is 3. The van der Waals surface area contributed by atoms with Crippen LogP contribution in [0.5, 0.6) is 0 Å². The summed E-state index contributed by atoms with van der Waals surface area (Å²) >= 11 is 0. The number of carbonyl (C=O) groups excluding carboxylic acids is 2. The van der Waals surface area contributed by atoms with Crippen LogP contribution in [-0.4, -0.2) is 39.4 Å². The van der Waals surface area contributed by atoms with Crippen molar-refractivity contribution in [1.82, 2.24) is 15.4 Å². The molecule has 0 aliphatic heterocycles. The predicted molar refractivity (Wildman–Crippen MR) is 96.4 cm³/mol. The van der Waals surface area contributed by atoms with Crippen LogP contribution in [0, 0.1) is 12.8 Å². The molecule has 0 aliphatic carbocycles. The predicted octanol–water partition coefficient (Wildman–Crippen LogP) is 0.940. The molecule has 7 nitrogen and oxygen atoms in total. The topological polar surface area (TPSA) is 104 Å². The number of sulfonamides is 1. The van der Waals surface area contributed by atoms with Crippen LogP contribution < -0.4 is 15.4 Å². The number of aryl methyl sites for hydroxylation is 1. The molecular weight excluding hydrogens is 342 g/mol. The van der Waals surface area contributed by atoms with E-state index in [-0.39, 0.29) is 23.3 Å². The number of hydrogen-bond acceptors (Lipinski definition) is 4. The van der Waals surface area contributed by atoms with E-state index in [1.54, 1.807) is 19.1 Å². The normalized spacial score (nSPS) is 12.7. The van der Waals surface area contributed by atoms with Crippen LogP contribution in [0.2, 0.25) is 0 Å². The summed E-state index contributed by atoms with van der Waals surface area (Å²) in [5.74, 6) is -0.739. The molecule has 140 valence electrons. The first kappa shape index (κ1) is 21.1. The standard InChI is InChI=1S/C17H27N3O4S/c1-5-18-16(21)11-19-17(22)15(10-12(2)3)20-25(23,24)14-8-6-13(4)7-9-14/h6-9,12,15,20H,5,10-11H2,1-4H3,(H,18,21)(H,19,22)/t15-/m0/s1. The van der Waals surface area contributed by atoms with Crippen LogP contribution in [0.3, 0.4) is 0 Å². The Morgan fingerprint density at radius 3 is 2.20 bits per heavy atom. The molecule has 1 aromatic rings. The SMILES string of the molecule is CCNC(=O)CNC(=O)[C@H](CC(C)C)NS(=O)(=O)c1ccc(C)cc1. The van der Waals surface area contributed by atoms with E-state index in [0.29, 0.717) is 13.0 Å². The number of likely N-dealkylation sites (N-methyl/N-ethyl adjacent to an activating group) is 1. The molecule has 0 spiro atoms. The molecule has 0 radical (unpaired) electrons. The molecule has 0 fully saturated rings. The molecule has 1 rings (SSSR count). The zero-order chi connectivity index (χ0) is 19.0. The van der Waals surface area contributed by atoms with Gasteiger partial charge >= 0.3 is 0 Å². The number of amides is 2. The first-order chi connectivity index (χ1) is 11.7. The van der Waals surface area contributed by atoms with Crippen molar-refractivity contribution in [2.75, 3.05) is 13.1 Å². The van der Waals surface area contributed by atoms with Crippen molar-refractivity contribution in [2.24, 2.45) is 5.92 Å². The van der Waals surface area contributed by atoms with Gasteiger partial charge in [-0.1, -0.05) is 31.5 Å². The monoisotopic (exact) mass is 369 g/mol. The third kappa shape index (κ3) is 7.23. The maximum absolute atomic E-state index is 12.5. The van der Waals surface area contributed by atoms with Gasteiger partial charge in [-0.25, -0.2) is 8.42 Å². The van der Waals surface area contributed by atoms with Crippen LogP contribution in [0.15, 0.2) is 29.2 Å². The van der Waals surface area contributed by atoms with Gasteiger partial charge in [0.1, 0.15) is 6.04 Å². The highest BCUT2D eigenvalue weighted by molar-refractivity contribution is 7.89. The van der Waals surface area contributed by atoms with Gasteiger partial charge in [0.15, 0.2) is 0 Å². The zero-order valence-corrected chi connectivity index (χ0v) is 15.9. The maximum Gasteiger partial charge on any atom is 0.241 e. The van der Waals surface area contributed by atoms with Crippen molar-refractivity contribution in [3.05, 3.63) is 29.8 Å². The summed E-state index contributed by atoms with van der Waals surface area (Å²) in [5, 5.41) is 5.05. The van der Waals surface area contributed by atoms with Gasteiger partial charge in [0.05, 0.1) is 11.4 Å². The Hall–Kier alpha value is -1.93. The van der Waals surface area contributed by atoms with E-state index in [2.05, 4.69) is 15.4 Å². The lowest BCUT2D eigenvalue weighted by Gasteiger charge is -2.20. The summed E-state index contributed by atoms with van der Waals surface area (Å²) < 4.78 is 27.5. The summed E-state index contributed by atoms with van der Waals surface area (Å²) in [6.45, 7) is 7.70. The van der Waals surface area contributed by atoms with Gasteiger partial charge in [-0.15, -0.1) is 0 Å². The van der Waals surface area contributed by atoms with E-state index in [9.17, 15) is 18.0 Å². The van der Waals surface area contributed by atoms with E-state index in [1.807, 2.05) is 20.8 Å². The quantitative estimate of drug-likeness (QED) is 0.602. The zero-order valence-electron chi connectivity index (χ0n) is 15.1. The average molecular weight is 369 g/mol. The number of carbonyl (C=O) groups is 2. The lowest BCUT2D eigenvalue weighted by atomic mass is 10.0. The number of benzene rings is 1. The second kappa shape index (κ2) is 9.53. The molecular formula is C17H27N3O4S. The smallest absolute Gasteiger partial charge is 0.241 e. The van der Waals surface area contributed by atoms with E-state index in [4.69, 9.17) is 0 Å². The first-order valence-electron chi connectivity index (χ1n) is 8.29. The fourth-order valence-electron chi connectivity index (χ4n) is 2.20. The first-order valence-corrected chi connectivity index (χ1v) is 9.77. The Kier molecular flexibility index (Phi) is 8.05. The molecule has 0 saturated heterocycles. The van der Waals surface area contributed by atoms with Crippen molar-refractivity contribution in [2.45, 2.75) is 45.1 Å². The Labute approximate surface area is 149 Å². The molecule has 0 aliphatic rings. The van der Waals surface area contributed by atoms with Crippen LogP contribution in [0.25, 0.3) is 0 Å². The minimum absolute atomic E-state index is 0.0981. The number of rotatable bonds is 9. The summed E-state index contributed by atoms with van der Waals surface area (Å²) in [5.41, 5.74) is 0.942. The lowest BCUT2D eigenvalue weighted by Crippen LogP contribution is -2.49. The Bertz CT molecular complexity index is 684. The largest absolute Gasteiger partial charge is 0.355 e. The Morgan fingerprint density at radius 2 is 1.68 bits per heavy atom. The third-order valence-corrected chi connectivity index (χ3v) is 4.94. The lowest BCUT2D eigenvalue weighted by molar-refractivity contribution is -0.127. The second-order valence-electron chi connectivity index (χ2n) is 6.29. The molecule has 3 N–H and O–H groups in total. The van der Waals surface area contributed by atoms with Crippen LogP contribution >= 0.6 is 0 Å². The molecule has 0 saturated carbocycles. The van der Waals surface area contributed by atoms with E-state index in [0.717, 1.165) is 5.56 Å². The summed E-state index contributed by atoms with van der Waals surface area (Å²) in [6, 6.07) is 5.44. The highest BCUT2D eigenvalue weighted by Gasteiger charge is 2.26. The van der Waals surface area contributed by atoms with E-state index < -0.39 is 22.0 Å². The highest BCUT2D eigenvalue weighted by Crippen LogP contribution is 2.13. The Balaban J connectivity index is 2.85. The minimum Gasteiger partial charge on any atom is -0.355 e. The van der Waals surface area contributed by atoms with Crippen LogP contribution in [0.1, 0.15) is 32.8 Å². The number of nitrogens with one attached hydrogen (secondary N) is 3. The van der Waals surface area contributed by atoms with Gasteiger partial charge in [-0.3, -0.25) is 9.59 Å². The minimum atomic E-state index is -3.83. The van der Waals surface area contributed by atoms with Crippen molar-refractivity contribution in [1.29, 1.82) is 0 Å². The average Bonchev–Trinajstić information content (AvgIpc) is 2.52. The highest BCUT2D eigenvalue weighted by atomic mass is 32.2. The summed E-state index contributed by atoms with van der Waals surface area (Å²) in [4.78, 5) is 23.9. The van der Waals surface area contributed by atoms with Gasteiger partial charge in [-0.2, -0.15) is 4.72 Å². The van der Waals surface area contributed by atoms with Crippen LogP contribution in [-0.2, 0) is 19.6 Å². The molecule has 0 unspecified atom stereocenters. The van der Waals surface area contributed by atoms with Gasteiger partial charge in [0, 0.05) is 6.54 Å². The fraction of sp³-hybridized carbons (Fsp3) is 0.529. The van der Waals surface area contributed by atoms with Crippen molar-refractivity contribution in [3.63, 3.8) is 0 Å². The van der Waals surface area contributed by atoms with E-state index in [1.165, 1.54) is 12.1 Å². The van der Waals surface area contributed by atoms with Gasteiger partial charge < -0.3 is 10.6 Å². The molecule has 1 atom stereocenters. The van der Waals surface area contributed by atoms with Crippen molar-refractivity contribution in [3.8, 4) is 0 Å². The second-order valence-corrected chi connectivity index (χ2v) is 8.00. The maximum atomic E-state index is 12.5. The molecule has 1 aromatic carbocycles. The molecule has 0 aromatic heterocycles. The summed E-state index contributed by atoms with van der Waals surface area (Å²) in [7, 11) is -3.83. The van der Waals surface area contributed by atoms with E-state index >= 15 is 0 Å². The van der Waals surface area contributed by atoms with Gasteiger partial charge in [0.2, 0.25) is 21.8 Å². The van der Waals surface area contributed by atoms with Gasteiger partial charge in [-0.05, 0) is 38.3 Å². The molecule has 8 heteroatoms. The molecule has 25 heavy (non-hydrogen) atoms.